The average Bonchev–Trinajstić information content (AvgIpc) is 2.78. The zero-order valence-corrected chi connectivity index (χ0v) is 11.8. The molecule has 2 rings (SSSR count). The van der Waals surface area contributed by atoms with Crippen molar-refractivity contribution in [1.29, 1.82) is 0 Å². The van der Waals surface area contributed by atoms with E-state index in [2.05, 4.69) is 42.7 Å². The van der Waals surface area contributed by atoms with Crippen LogP contribution < -0.4 is 11.1 Å². The van der Waals surface area contributed by atoms with Crippen molar-refractivity contribution in [2.45, 2.75) is 26.3 Å². The number of aryl methyl sites for hydroxylation is 1. The maximum absolute atomic E-state index is 6.03. The topological polar surface area (TPSA) is 38.0 Å². The molecule has 0 aliphatic heterocycles. The summed E-state index contributed by atoms with van der Waals surface area (Å²) in [5.41, 5.74) is 9.50. The van der Waals surface area contributed by atoms with E-state index in [-0.39, 0.29) is 0 Å². The monoisotopic (exact) mass is 260 g/mol. The van der Waals surface area contributed by atoms with E-state index in [0.29, 0.717) is 6.04 Å². The maximum Gasteiger partial charge on any atom is 0.0459 e. The van der Waals surface area contributed by atoms with Gasteiger partial charge in [-0.1, -0.05) is 25.1 Å². The molecule has 2 nitrogen and oxygen atoms in total. The van der Waals surface area contributed by atoms with Gasteiger partial charge in [-0.3, -0.25) is 0 Å². The lowest BCUT2D eigenvalue weighted by Gasteiger charge is -2.18. The molecule has 0 fully saturated rings. The van der Waals surface area contributed by atoms with Crippen molar-refractivity contribution in [3.8, 4) is 0 Å². The third-order valence-electron chi connectivity index (χ3n) is 3.15. The van der Waals surface area contributed by atoms with Crippen molar-refractivity contribution in [1.82, 2.24) is 5.32 Å². The zero-order chi connectivity index (χ0) is 13.0. The second kappa shape index (κ2) is 6.03. The second-order valence-corrected chi connectivity index (χ2v) is 5.43. The smallest absolute Gasteiger partial charge is 0.0459 e. The van der Waals surface area contributed by atoms with Crippen molar-refractivity contribution in [2.24, 2.45) is 0 Å². The van der Waals surface area contributed by atoms with Gasteiger partial charge in [-0.15, -0.1) is 11.3 Å². The molecule has 1 heterocycles. The zero-order valence-electron chi connectivity index (χ0n) is 10.9. The van der Waals surface area contributed by atoms with Crippen LogP contribution in [0.15, 0.2) is 35.7 Å². The van der Waals surface area contributed by atoms with Gasteiger partial charge in [0.2, 0.25) is 0 Å². The summed E-state index contributed by atoms with van der Waals surface area (Å²) in [6.45, 7) is 5.28. The first-order valence-corrected chi connectivity index (χ1v) is 7.21. The summed E-state index contributed by atoms with van der Waals surface area (Å²) < 4.78 is 0. The number of anilines is 1. The fraction of sp³-hybridized carbons (Fsp3) is 0.333. The van der Waals surface area contributed by atoms with E-state index in [1.807, 2.05) is 23.5 Å². The highest BCUT2D eigenvalue weighted by Crippen LogP contribution is 2.28. The minimum absolute atomic E-state index is 0.361. The highest BCUT2D eigenvalue weighted by molar-refractivity contribution is 7.10. The average molecular weight is 260 g/mol. The Kier molecular flexibility index (Phi) is 4.39. The predicted octanol–water partition coefficient (Wildman–Crippen LogP) is 3.53. The molecule has 1 unspecified atom stereocenters. The molecule has 1 aromatic carbocycles. The number of nitrogens with two attached hydrogens (primary N) is 1. The first-order chi connectivity index (χ1) is 8.72. The number of nitrogen functional groups attached to an aromatic ring is 1. The largest absolute Gasteiger partial charge is 0.399 e. The highest BCUT2D eigenvalue weighted by atomic mass is 32.1. The molecule has 3 heteroatoms. The number of thiophene rings is 1. The molecule has 0 saturated carbocycles. The van der Waals surface area contributed by atoms with Crippen LogP contribution in [0.2, 0.25) is 0 Å². The fourth-order valence-corrected chi connectivity index (χ4v) is 3.19. The van der Waals surface area contributed by atoms with Gasteiger partial charge in [0.25, 0.3) is 0 Å². The Balaban J connectivity index is 2.22. The fourth-order valence-electron chi connectivity index (χ4n) is 2.19. The van der Waals surface area contributed by atoms with Gasteiger partial charge < -0.3 is 11.1 Å². The summed E-state index contributed by atoms with van der Waals surface area (Å²) in [6.07, 6.45) is 0.946. The van der Waals surface area contributed by atoms with E-state index in [9.17, 15) is 0 Å². The minimum Gasteiger partial charge on any atom is -0.399 e. The normalized spacial score (nSPS) is 12.6. The molecular formula is C15H20N2S. The molecule has 18 heavy (non-hydrogen) atoms. The molecule has 3 N–H and O–H groups in total. The Morgan fingerprint density at radius 3 is 2.67 bits per heavy atom. The number of hydrogen-bond donors (Lipinski definition) is 2. The standard InChI is InChI=1S/C15H20N2S/c1-3-17-14(15-11(2)8-9-18-15)10-12-6-4-5-7-13(12)16/h4-9,14,17H,3,10,16H2,1-2H3. The molecular weight excluding hydrogens is 240 g/mol. The summed E-state index contributed by atoms with van der Waals surface area (Å²) in [5, 5.41) is 5.71. The minimum atomic E-state index is 0.361. The molecule has 0 amide bonds. The van der Waals surface area contributed by atoms with Crippen molar-refractivity contribution < 1.29 is 0 Å². The molecule has 1 atom stereocenters. The van der Waals surface area contributed by atoms with Crippen LogP contribution in [0.3, 0.4) is 0 Å². The quantitative estimate of drug-likeness (QED) is 0.807. The number of hydrogen-bond acceptors (Lipinski definition) is 3. The van der Waals surface area contributed by atoms with Gasteiger partial charge >= 0.3 is 0 Å². The van der Waals surface area contributed by atoms with Crippen LogP contribution in [0.25, 0.3) is 0 Å². The van der Waals surface area contributed by atoms with Crippen molar-refractivity contribution in [3.05, 3.63) is 51.7 Å². The van der Waals surface area contributed by atoms with E-state index in [1.54, 1.807) is 0 Å². The summed E-state index contributed by atoms with van der Waals surface area (Å²) >= 11 is 1.82. The molecule has 1 aromatic heterocycles. The lowest BCUT2D eigenvalue weighted by Crippen LogP contribution is -2.23. The van der Waals surface area contributed by atoms with Gasteiger partial charge in [0.05, 0.1) is 0 Å². The van der Waals surface area contributed by atoms with Crippen LogP contribution in [0.4, 0.5) is 5.69 Å². The van der Waals surface area contributed by atoms with Gasteiger partial charge in [0.1, 0.15) is 0 Å². The van der Waals surface area contributed by atoms with Crippen LogP contribution in [-0.2, 0) is 6.42 Å². The van der Waals surface area contributed by atoms with E-state index >= 15 is 0 Å². The summed E-state index contributed by atoms with van der Waals surface area (Å²) in [6, 6.07) is 10.7. The van der Waals surface area contributed by atoms with Gasteiger partial charge in [0.15, 0.2) is 0 Å². The first-order valence-electron chi connectivity index (χ1n) is 6.33. The Morgan fingerprint density at radius 1 is 1.28 bits per heavy atom. The lowest BCUT2D eigenvalue weighted by atomic mass is 10.0. The molecule has 96 valence electrons. The van der Waals surface area contributed by atoms with Crippen LogP contribution in [0, 0.1) is 6.92 Å². The molecule has 0 aliphatic rings. The van der Waals surface area contributed by atoms with Gasteiger partial charge in [-0.05, 0) is 48.5 Å². The number of para-hydroxylation sites is 1. The Hall–Kier alpha value is -1.32. The summed E-state index contributed by atoms with van der Waals surface area (Å²) in [4.78, 5) is 1.42. The van der Waals surface area contributed by atoms with E-state index in [4.69, 9.17) is 5.73 Å². The lowest BCUT2D eigenvalue weighted by molar-refractivity contribution is 0.557. The molecule has 2 aromatic rings. The van der Waals surface area contributed by atoms with Crippen LogP contribution in [0.5, 0.6) is 0 Å². The second-order valence-electron chi connectivity index (χ2n) is 4.48. The Bertz CT molecular complexity index is 505. The molecule has 0 bridgehead atoms. The van der Waals surface area contributed by atoms with E-state index < -0.39 is 0 Å². The third-order valence-corrected chi connectivity index (χ3v) is 4.28. The van der Waals surface area contributed by atoms with Crippen molar-refractivity contribution >= 4 is 17.0 Å². The number of rotatable bonds is 5. The summed E-state index contributed by atoms with van der Waals surface area (Å²) in [5.74, 6) is 0. The Labute approximate surface area is 113 Å². The summed E-state index contributed by atoms with van der Waals surface area (Å²) in [7, 11) is 0. The van der Waals surface area contributed by atoms with Crippen LogP contribution >= 0.6 is 11.3 Å². The van der Waals surface area contributed by atoms with Crippen LogP contribution in [0.1, 0.15) is 29.0 Å². The number of benzene rings is 1. The van der Waals surface area contributed by atoms with Gasteiger partial charge in [-0.2, -0.15) is 0 Å². The SMILES string of the molecule is CCNC(Cc1ccccc1N)c1sccc1C. The molecule has 0 saturated heterocycles. The van der Waals surface area contributed by atoms with Crippen molar-refractivity contribution in [3.63, 3.8) is 0 Å². The maximum atomic E-state index is 6.03. The number of likely N-dealkylation sites (N-methyl/N-ethyl adjacent to an activating group) is 1. The van der Waals surface area contributed by atoms with Gasteiger partial charge in [0, 0.05) is 16.6 Å². The third kappa shape index (κ3) is 2.92. The van der Waals surface area contributed by atoms with Gasteiger partial charge in [-0.25, -0.2) is 0 Å². The van der Waals surface area contributed by atoms with E-state index in [0.717, 1.165) is 18.7 Å². The number of nitrogens with one attached hydrogen (secondary N) is 1. The predicted molar refractivity (Wildman–Crippen MR) is 80.0 cm³/mol. The Morgan fingerprint density at radius 2 is 2.06 bits per heavy atom. The first kappa shape index (κ1) is 13.1. The van der Waals surface area contributed by atoms with Crippen molar-refractivity contribution in [2.75, 3.05) is 12.3 Å². The van der Waals surface area contributed by atoms with E-state index in [1.165, 1.54) is 16.0 Å². The highest BCUT2D eigenvalue weighted by Gasteiger charge is 2.15. The molecule has 0 aliphatic carbocycles. The van der Waals surface area contributed by atoms with Crippen LogP contribution in [-0.4, -0.2) is 6.54 Å². The molecule has 0 radical (unpaired) electrons. The molecule has 0 spiro atoms.